The highest BCUT2D eigenvalue weighted by Gasteiger charge is 2.21. The lowest BCUT2D eigenvalue weighted by Gasteiger charge is -2.14. The summed E-state index contributed by atoms with van der Waals surface area (Å²) < 4.78 is 3.64. The first kappa shape index (κ1) is 28.9. The molecule has 0 spiro atoms. The van der Waals surface area contributed by atoms with Crippen LogP contribution in [0.5, 0.6) is 0 Å². The average Bonchev–Trinajstić information content (AvgIpc) is 3.80. The number of thiophene rings is 1. The second-order valence-corrected chi connectivity index (χ2v) is 14.3. The Morgan fingerprint density at radius 1 is 0.380 bits per heavy atom. The van der Waals surface area contributed by atoms with Gasteiger partial charge in [-0.15, -0.1) is 22.7 Å². The lowest BCUT2D eigenvalue weighted by Crippen LogP contribution is -2.01. The van der Waals surface area contributed by atoms with E-state index in [1.54, 1.807) is 11.3 Å². The van der Waals surface area contributed by atoms with E-state index in [0.29, 0.717) is 17.5 Å². The molecule has 0 aliphatic carbocycles. The molecule has 0 saturated carbocycles. The van der Waals surface area contributed by atoms with Gasteiger partial charge in [-0.1, -0.05) is 133 Å². The molecule has 10 aromatic rings. The van der Waals surface area contributed by atoms with Crippen molar-refractivity contribution >= 4 is 63.8 Å². The molecule has 0 saturated heterocycles. The molecule has 0 aliphatic heterocycles. The van der Waals surface area contributed by atoms with E-state index in [0.717, 1.165) is 49.3 Å². The third-order valence-electron chi connectivity index (χ3n) is 9.16. The lowest BCUT2D eigenvalue weighted by atomic mass is 9.94. The van der Waals surface area contributed by atoms with Crippen molar-refractivity contribution in [2.45, 2.75) is 0 Å². The van der Waals surface area contributed by atoms with Crippen LogP contribution in [0.2, 0.25) is 0 Å². The maximum Gasteiger partial charge on any atom is 0.164 e. The second-order valence-electron chi connectivity index (χ2n) is 12.2. The normalized spacial score (nSPS) is 11.6. The quantitative estimate of drug-likeness (QED) is 0.182. The summed E-state index contributed by atoms with van der Waals surface area (Å²) in [6.45, 7) is 0. The van der Waals surface area contributed by atoms with E-state index >= 15 is 0 Å². The molecule has 50 heavy (non-hydrogen) atoms. The number of aromatic nitrogens is 4. The molecule has 10 rings (SSSR count). The summed E-state index contributed by atoms with van der Waals surface area (Å²) in [7, 11) is 0. The van der Waals surface area contributed by atoms with Gasteiger partial charge in [0.05, 0.1) is 10.2 Å². The Balaban J connectivity index is 1.24. The highest BCUT2D eigenvalue weighted by molar-refractivity contribution is 7.27. The van der Waals surface area contributed by atoms with E-state index in [2.05, 4.69) is 115 Å². The summed E-state index contributed by atoms with van der Waals surface area (Å²) in [5, 5.41) is 5.76. The van der Waals surface area contributed by atoms with Gasteiger partial charge in [-0.05, 0) is 40.6 Å². The molecule has 0 amide bonds. The first-order chi connectivity index (χ1) is 24.8. The van der Waals surface area contributed by atoms with Crippen LogP contribution in [0.15, 0.2) is 158 Å². The van der Waals surface area contributed by atoms with Crippen molar-refractivity contribution in [3.8, 4) is 55.9 Å². The molecule has 6 heteroatoms. The predicted molar refractivity (Wildman–Crippen MR) is 211 cm³/mol. The van der Waals surface area contributed by atoms with Crippen molar-refractivity contribution in [2.24, 2.45) is 0 Å². The van der Waals surface area contributed by atoms with Gasteiger partial charge in [-0.3, -0.25) is 0 Å². The molecule has 0 radical (unpaired) electrons. The Kier molecular flexibility index (Phi) is 6.82. The number of rotatable bonds is 5. The molecule has 4 nitrogen and oxygen atoms in total. The van der Waals surface area contributed by atoms with Crippen LogP contribution in [0.3, 0.4) is 0 Å². The van der Waals surface area contributed by atoms with Crippen LogP contribution in [-0.2, 0) is 0 Å². The van der Waals surface area contributed by atoms with Gasteiger partial charge in [-0.2, -0.15) is 0 Å². The monoisotopic (exact) mass is 674 g/mol. The smallest absolute Gasteiger partial charge is 0.164 e. The zero-order valence-electron chi connectivity index (χ0n) is 26.6. The Morgan fingerprint density at radius 3 is 1.60 bits per heavy atom. The average molecular weight is 675 g/mol. The zero-order valence-corrected chi connectivity index (χ0v) is 28.2. The minimum atomic E-state index is 0.644. The van der Waals surface area contributed by atoms with Crippen LogP contribution in [0, 0.1) is 0 Å². The van der Waals surface area contributed by atoms with Gasteiger partial charge in [0.15, 0.2) is 17.5 Å². The van der Waals surface area contributed by atoms with Crippen LogP contribution >= 0.6 is 22.7 Å². The predicted octanol–water partition coefficient (Wildman–Crippen LogP) is 12.3. The van der Waals surface area contributed by atoms with Crippen LogP contribution in [0.1, 0.15) is 0 Å². The molecule has 0 aliphatic rings. The Labute approximate surface area is 296 Å². The van der Waals surface area contributed by atoms with Gasteiger partial charge in [0, 0.05) is 48.0 Å². The van der Waals surface area contributed by atoms with Gasteiger partial charge >= 0.3 is 0 Å². The van der Waals surface area contributed by atoms with E-state index in [1.807, 2.05) is 53.8 Å². The standard InChI is InChI=1S/C44H26N4S2/c1-4-13-27(14-5-1)41-46-42(28-15-6-2-7-16-28)48-43(47-41)35-26-31-20-11-10-19-30(31)25-34(35)32-21-12-22-33-38-36(49-40(32)33)23-24-37-39(38)45-44(50-37)29-17-8-3-9-18-29/h1-26H. The van der Waals surface area contributed by atoms with E-state index in [4.69, 9.17) is 19.9 Å². The minimum Gasteiger partial charge on any atom is -0.235 e. The molecular formula is C44H26N4S2. The van der Waals surface area contributed by atoms with E-state index in [-0.39, 0.29) is 0 Å². The molecule has 3 heterocycles. The van der Waals surface area contributed by atoms with Gasteiger partial charge in [0.2, 0.25) is 0 Å². The van der Waals surface area contributed by atoms with Crippen molar-refractivity contribution in [1.29, 1.82) is 0 Å². The molecule has 0 atom stereocenters. The summed E-state index contributed by atoms with van der Waals surface area (Å²) in [5.74, 6) is 1.94. The largest absolute Gasteiger partial charge is 0.235 e. The first-order valence-electron chi connectivity index (χ1n) is 16.5. The second kappa shape index (κ2) is 11.8. The number of thiazole rings is 1. The maximum atomic E-state index is 5.22. The fraction of sp³-hybridized carbons (Fsp3) is 0. The van der Waals surface area contributed by atoms with Crippen LogP contribution < -0.4 is 0 Å². The third kappa shape index (κ3) is 4.88. The Hall–Kier alpha value is -6.08. The SMILES string of the molecule is c1ccc(-c2nc(-c3ccccc3)nc(-c3cc4ccccc4cc3-c3cccc4c3sc3ccc5sc(-c6ccccc6)nc5c34)n2)cc1. The lowest BCUT2D eigenvalue weighted by molar-refractivity contribution is 1.07. The molecule has 0 fully saturated rings. The van der Waals surface area contributed by atoms with Crippen molar-refractivity contribution in [3.05, 3.63) is 158 Å². The molecule has 0 bridgehead atoms. The Morgan fingerprint density at radius 2 is 0.940 bits per heavy atom. The highest BCUT2D eigenvalue weighted by atomic mass is 32.1. The molecular weight excluding hydrogens is 649 g/mol. The van der Waals surface area contributed by atoms with Crippen LogP contribution in [0.25, 0.3) is 97.0 Å². The van der Waals surface area contributed by atoms with Crippen molar-refractivity contribution < 1.29 is 0 Å². The molecule has 7 aromatic carbocycles. The van der Waals surface area contributed by atoms with Gasteiger partial charge in [0.25, 0.3) is 0 Å². The molecule has 3 aromatic heterocycles. The Bertz CT molecular complexity index is 2800. The van der Waals surface area contributed by atoms with Gasteiger partial charge in [-0.25, -0.2) is 19.9 Å². The van der Waals surface area contributed by atoms with Crippen LogP contribution in [0.4, 0.5) is 0 Å². The van der Waals surface area contributed by atoms with Crippen molar-refractivity contribution in [2.75, 3.05) is 0 Å². The molecule has 0 unspecified atom stereocenters. The molecule has 0 N–H and O–H groups in total. The summed E-state index contributed by atoms with van der Waals surface area (Å²) in [6.07, 6.45) is 0. The van der Waals surface area contributed by atoms with E-state index < -0.39 is 0 Å². The maximum absolute atomic E-state index is 5.22. The van der Waals surface area contributed by atoms with E-state index in [9.17, 15) is 0 Å². The van der Waals surface area contributed by atoms with Crippen molar-refractivity contribution in [1.82, 2.24) is 19.9 Å². The van der Waals surface area contributed by atoms with Crippen LogP contribution in [-0.4, -0.2) is 19.9 Å². The summed E-state index contributed by atoms with van der Waals surface area (Å²) in [5.41, 5.74) is 7.31. The minimum absolute atomic E-state index is 0.644. The summed E-state index contributed by atoms with van der Waals surface area (Å²) in [6, 6.07) is 54.9. The number of nitrogens with zero attached hydrogens (tertiary/aromatic N) is 4. The third-order valence-corrected chi connectivity index (χ3v) is 11.4. The van der Waals surface area contributed by atoms with Crippen molar-refractivity contribution in [3.63, 3.8) is 0 Å². The highest BCUT2D eigenvalue weighted by Crippen LogP contribution is 2.46. The fourth-order valence-electron chi connectivity index (χ4n) is 6.77. The zero-order chi connectivity index (χ0) is 33.0. The molecule has 234 valence electrons. The van der Waals surface area contributed by atoms with Gasteiger partial charge in [0.1, 0.15) is 5.01 Å². The topological polar surface area (TPSA) is 51.6 Å². The van der Waals surface area contributed by atoms with Gasteiger partial charge < -0.3 is 0 Å². The number of hydrogen-bond acceptors (Lipinski definition) is 6. The number of fused-ring (bicyclic) bond motifs is 6. The number of hydrogen-bond donors (Lipinski definition) is 0. The fourth-order valence-corrected chi connectivity index (χ4v) is 8.98. The first-order valence-corrected chi connectivity index (χ1v) is 18.1. The summed E-state index contributed by atoms with van der Waals surface area (Å²) >= 11 is 3.57. The number of benzene rings is 7. The van der Waals surface area contributed by atoms with E-state index in [1.165, 1.54) is 30.3 Å². The summed E-state index contributed by atoms with van der Waals surface area (Å²) in [4.78, 5) is 20.5.